The highest BCUT2D eigenvalue weighted by atomic mass is 28.4. The second-order valence-electron chi connectivity index (χ2n) is 3.80. The summed E-state index contributed by atoms with van der Waals surface area (Å²) in [5.41, 5.74) is 0. The summed E-state index contributed by atoms with van der Waals surface area (Å²) < 4.78 is 5.59. The van der Waals surface area contributed by atoms with Crippen LogP contribution in [0, 0.1) is 0 Å². The third kappa shape index (κ3) is 2.66. The molecule has 0 aromatic heterocycles. The van der Waals surface area contributed by atoms with Gasteiger partial charge in [-0.15, -0.1) is 0 Å². The molecule has 0 spiro atoms. The average molecular weight is 182 g/mol. The van der Waals surface area contributed by atoms with Gasteiger partial charge in [-0.2, -0.15) is 0 Å². The van der Waals surface area contributed by atoms with Crippen molar-refractivity contribution in [2.24, 2.45) is 0 Å². The number of carbonyl (C=O) groups excluding carboxylic acids is 1. The molecule has 0 fully saturated rings. The van der Waals surface area contributed by atoms with Crippen LogP contribution in [0.2, 0.25) is 19.6 Å². The van der Waals surface area contributed by atoms with Crippen LogP contribution in [0.4, 0.5) is 0 Å². The highest BCUT2D eigenvalue weighted by Gasteiger charge is 2.21. The summed E-state index contributed by atoms with van der Waals surface area (Å²) in [6, 6.07) is 0. The number of ketones is 1. The standard InChI is InChI=1S/C9H14O2Si/c1-12(2,3)11-9-7-5-4-6-8(9)10/h4-5,7H,6H2,1-3H3. The monoisotopic (exact) mass is 182 g/mol. The molecule has 66 valence electrons. The van der Waals surface area contributed by atoms with E-state index in [-0.39, 0.29) is 5.78 Å². The van der Waals surface area contributed by atoms with Crippen molar-refractivity contribution in [2.45, 2.75) is 26.1 Å². The molecule has 0 heterocycles. The summed E-state index contributed by atoms with van der Waals surface area (Å²) >= 11 is 0. The Morgan fingerprint density at radius 1 is 1.42 bits per heavy atom. The van der Waals surface area contributed by atoms with E-state index in [1.165, 1.54) is 0 Å². The normalized spacial score (nSPS) is 17.6. The van der Waals surface area contributed by atoms with Crippen LogP contribution in [0.5, 0.6) is 0 Å². The van der Waals surface area contributed by atoms with Crippen molar-refractivity contribution < 1.29 is 9.22 Å². The van der Waals surface area contributed by atoms with Gasteiger partial charge in [0.15, 0.2) is 5.78 Å². The molecule has 1 aliphatic rings. The van der Waals surface area contributed by atoms with E-state index in [0.717, 1.165) is 0 Å². The van der Waals surface area contributed by atoms with Gasteiger partial charge in [-0.1, -0.05) is 12.2 Å². The van der Waals surface area contributed by atoms with Gasteiger partial charge in [-0.05, 0) is 25.7 Å². The van der Waals surface area contributed by atoms with Crippen LogP contribution >= 0.6 is 0 Å². The van der Waals surface area contributed by atoms with E-state index in [9.17, 15) is 4.79 Å². The third-order valence-corrected chi connectivity index (χ3v) is 2.21. The molecule has 0 atom stereocenters. The van der Waals surface area contributed by atoms with Crippen molar-refractivity contribution >= 4 is 14.1 Å². The maximum atomic E-state index is 11.2. The number of rotatable bonds is 2. The molecular weight excluding hydrogens is 168 g/mol. The Labute approximate surface area is 74.1 Å². The van der Waals surface area contributed by atoms with E-state index in [2.05, 4.69) is 19.6 Å². The quantitative estimate of drug-likeness (QED) is 0.612. The zero-order valence-corrected chi connectivity index (χ0v) is 8.76. The van der Waals surface area contributed by atoms with Gasteiger partial charge in [-0.3, -0.25) is 4.79 Å². The van der Waals surface area contributed by atoms with Crippen molar-refractivity contribution in [3.63, 3.8) is 0 Å². The molecule has 0 aromatic rings. The van der Waals surface area contributed by atoms with Gasteiger partial charge < -0.3 is 4.43 Å². The summed E-state index contributed by atoms with van der Waals surface area (Å²) in [6.07, 6.45) is 5.96. The topological polar surface area (TPSA) is 26.3 Å². The van der Waals surface area contributed by atoms with Crippen LogP contribution in [0.1, 0.15) is 6.42 Å². The van der Waals surface area contributed by atoms with Crippen LogP contribution in [-0.4, -0.2) is 14.1 Å². The summed E-state index contributed by atoms with van der Waals surface area (Å²) in [5, 5.41) is 0. The van der Waals surface area contributed by atoms with Gasteiger partial charge >= 0.3 is 0 Å². The lowest BCUT2D eigenvalue weighted by Gasteiger charge is -2.21. The molecule has 0 unspecified atom stereocenters. The summed E-state index contributed by atoms with van der Waals surface area (Å²) in [5.74, 6) is 0.636. The molecule has 0 amide bonds. The first-order chi connectivity index (χ1) is 5.49. The molecule has 1 rings (SSSR count). The highest BCUT2D eigenvalue weighted by molar-refractivity contribution is 6.70. The maximum absolute atomic E-state index is 11.2. The number of carbonyl (C=O) groups is 1. The number of Topliss-reactive ketones (excluding diaryl/α,β-unsaturated/α-hetero) is 1. The zero-order valence-electron chi connectivity index (χ0n) is 7.76. The first kappa shape index (κ1) is 9.26. The summed E-state index contributed by atoms with van der Waals surface area (Å²) in [6.45, 7) is 6.21. The van der Waals surface area contributed by atoms with Crippen LogP contribution in [0.25, 0.3) is 0 Å². The smallest absolute Gasteiger partial charge is 0.242 e. The Bertz CT molecular complexity index is 246. The minimum Gasteiger partial charge on any atom is -0.542 e. The third-order valence-electron chi connectivity index (χ3n) is 1.38. The fourth-order valence-corrected chi connectivity index (χ4v) is 1.79. The second-order valence-corrected chi connectivity index (χ2v) is 8.23. The van der Waals surface area contributed by atoms with Gasteiger partial charge in [0.1, 0.15) is 5.76 Å². The highest BCUT2D eigenvalue weighted by Crippen LogP contribution is 2.15. The molecule has 0 bridgehead atoms. The van der Waals surface area contributed by atoms with Crippen LogP contribution in [0.3, 0.4) is 0 Å². The van der Waals surface area contributed by atoms with Gasteiger partial charge in [0.2, 0.25) is 8.32 Å². The Morgan fingerprint density at radius 2 is 2.08 bits per heavy atom. The Balaban J connectivity index is 2.68. The van der Waals surface area contributed by atoms with Crippen molar-refractivity contribution in [1.29, 1.82) is 0 Å². The van der Waals surface area contributed by atoms with E-state index in [0.29, 0.717) is 12.2 Å². The number of allylic oxidation sites excluding steroid dienone is 4. The fraction of sp³-hybridized carbons (Fsp3) is 0.444. The molecule has 0 saturated heterocycles. The minimum absolute atomic E-state index is 0.0972. The maximum Gasteiger partial charge on any atom is 0.242 e. The molecular formula is C9H14O2Si. The first-order valence-electron chi connectivity index (χ1n) is 4.08. The predicted molar refractivity (Wildman–Crippen MR) is 51.3 cm³/mol. The largest absolute Gasteiger partial charge is 0.542 e. The van der Waals surface area contributed by atoms with Gasteiger partial charge in [-0.25, -0.2) is 0 Å². The van der Waals surface area contributed by atoms with Crippen molar-refractivity contribution in [3.8, 4) is 0 Å². The van der Waals surface area contributed by atoms with E-state index < -0.39 is 8.32 Å². The predicted octanol–water partition coefficient (Wildman–Crippen LogP) is 2.25. The van der Waals surface area contributed by atoms with Gasteiger partial charge in [0.25, 0.3) is 0 Å². The van der Waals surface area contributed by atoms with E-state index in [1.807, 2.05) is 12.2 Å². The molecule has 0 aromatic carbocycles. The fourth-order valence-electron chi connectivity index (χ4n) is 0.945. The van der Waals surface area contributed by atoms with Gasteiger partial charge in [0.05, 0.1) is 0 Å². The number of hydrogen-bond donors (Lipinski definition) is 0. The SMILES string of the molecule is C[Si](C)(C)OC1=CC=CCC1=O. The Kier molecular flexibility index (Phi) is 2.52. The molecule has 0 N–H and O–H groups in total. The van der Waals surface area contributed by atoms with E-state index in [1.54, 1.807) is 6.08 Å². The minimum atomic E-state index is -1.61. The number of hydrogen-bond acceptors (Lipinski definition) is 2. The molecule has 0 aliphatic heterocycles. The molecule has 0 saturated carbocycles. The lowest BCUT2D eigenvalue weighted by atomic mass is 10.1. The molecule has 12 heavy (non-hydrogen) atoms. The molecule has 1 aliphatic carbocycles. The van der Waals surface area contributed by atoms with Crippen LogP contribution in [0.15, 0.2) is 24.0 Å². The van der Waals surface area contributed by atoms with Crippen molar-refractivity contribution in [1.82, 2.24) is 0 Å². The van der Waals surface area contributed by atoms with E-state index >= 15 is 0 Å². The van der Waals surface area contributed by atoms with Gasteiger partial charge in [0, 0.05) is 6.42 Å². The van der Waals surface area contributed by atoms with Crippen LogP contribution < -0.4 is 0 Å². The average Bonchev–Trinajstić information content (AvgIpc) is 1.91. The second kappa shape index (κ2) is 3.27. The summed E-state index contributed by atoms with van der Waals surface area (Å²) in [4.78, 5) is 11.2. The van der Waals surface area contributed by atoms with Crippen molar-refractivity contribution in [2.75, 3.05) is 0 Å². The lowest BCUT2D eigenvalue weighted by Crippen LogP contribution is -2.27. The van der Waals surface area contributed by atoms with Crippen molar-refractivity contribution in [3.05, 3.63) is 24.0 Å². The zero-order chi connectivity index (χ0) is 9.19. The van der Waals surface area contributed by atoms with E-state index in [4.69, 9.17) is 4.43 Å². The van der Waals surface area contributed by atoms with Crippen LogP contribution in [-0.2, 0) is 9.22 Å². The Morgan fingerprint density at radius 3 is 2.58 bits per heavy atom. The molecule has 2 nitrogen and oxygen atoms in total. The molecule has 3 heteroatoms. The first-order valence-corrected chi connectivity index (χ1v) is 7.49. The molecule has 0 radical (unpaired) electrons. The summed E-state index contributed by atoms with van der Waals surface area (Å²) in [7, 11) is -1.61. The Hall–Kier alpha value is -0.833. The lowest BCUT2D eigenvalue weighted by molar-refractivity contribution is -0.117.